The van der Waals surface area contributed by atoms with Gasteiger partial charge in [0.1, 0.15) is 5.75 Å². The molecule has 2 amide bonds. The molecular weight excluding hydrogens is 388 g/mol. The number of carbonyl (C=O) groups excluding carboxylic acids is 2. The molecule has 31 heavy (non-hydrogen) atoms. The Balaban J connectivity index is 1.38. The highest BCUT2D eigenvalue weighted by Crippen LogP contribution is 2.24. The van der Waals surface area contributed by atoms with Gasteiger partial charge in [0.05, 0.1) is 6.61 Å². The molecule has 0 atom stereocenters. The Morgan fingerprint density at radius 1 is 0.935 bits per heavy atom. The fraction of sp³-hybridized carbons (Fsp3) is 0.462. The third kappa shape index (κ3) is 6.33. The van der Waals surface area contributed by atoms with Gasteiger partial charge in [-0.15, -0.1) is 0 Å². The molecule has 5 heteroatoms. The third-order valence-corrected chi connectivity index (χ3v) is 5.71. The molecule has 5 nitrogen and oxygen atoms in total. The average molecular weight is 423 g/mol. The van der Waals surface area contributed by atoms with Crippen molar-refractivity contribution in [3.63, 3.8) is 0 Å². The first-order valence-electron chi connectivity index (χ1n) is 11.1. The van der Waals surface area contributed by atoms with Gasteiger partial charge in [0.15, 0.2) is 0 Å². The Hall–Kier alpha value is -2.82. The molecule has 1 fully saturated rings. The van der Waals surface area contributed by atoms with E-state index in [4.69, 9.17) is 4.74 Å². The molecule has 2 aromatic rings. The predicted octanol–water partition coefficient (Wildman–Crippen LogP) is 4.44. The Labute approximate surface area is 186 Å². The van der Waals surface area contributed by atoms with Crippen LogP contribution in [-0.4, -0.2) is 54.4 Å². The van der Waals surface area contributed by atoms with E-state index in [2.05, 4.69) is 32.9 Å². The standard InChI is InChI=1S/C26H34N2O3/c1-20-7-5-8-21(19-20)25(30)28-16-14-27(15-17-28)24(29)9-6-18-31-23-12-10-22(11-13-23)26(2,3)4/h5,7-8,10-13,19H,6,9,14-18H2,1-4H3. The lowest BCUT2D eigenvalue weighted by atomic mass is 9.87. The van der Waals surface area contributed by atoms with Gasteiger partial charge in [-0.05, 0) is 48.6 Å². The molecule has 1 aliphatic heterocycles. The number of aryl methyl sites for hydroxylation is 1. The summed E-state index contributed by atoms with van der Waals surface area (Å²) in [4.78, 5) is 28.9. The first-order chi connectivity index (χ1) is 14.7. The molecule has 0 N–H and O–H groups in total. The molecule has 1 aliphatic rings. The van der Waals surface area contributed by atoms with Crippen LogP contribution in [0.2, 0.25) is 0 Å². The minimum atomic E-state index is 0.0432. The van der Waals surface area contributed by atoms with Crippen LogP contribution < -0.4 is 4.74 Å². The van der Waals surface area contributed by atoms with E-state index in [-0.39, 0.29) is 17.2 Å². The van der Waals surface area contributed by atoms with Crippen molar-refractivity contribution in [2.75, 3.05) is 32.8 Å². The maximum Gasteiger partial charge on any atom is 0.253 e. The molecule has 0 radical (unpaired) electrons. The normalized spacial score (nSPS) is 14.5. The van der Waals surface area contributed by atoms with Crippen LogP contribution in [-0.2, 0) is 10.2 Å². The van der Waals surface area contributed by atoms with Gasteiger partial charge >= 0.3 is 0 Å². The van der Waals surface area contributed by atoms with Gasteiger partial charge < -0.3 is 14.5 Å². The van der Waals surface area contributed by atoms with Crippen LogP contribution in [0, 0.1) is 6.92 Å². The molecule has 166 valence electrons. The van der Waals surface area contributed by atoms with Crippen molar-refractivity contribution in [3.8, 4) is 5.75 Å². The van der Waals surface area contributed by atoms with Gasteiger partial charge in [-0.3, -0.25) is 9.59 Å². The molecule has 1 heterocycles. The van der Waals surface area contributed by atoms with E-state index < -0.39 is 0 Å². The summed E-state index contributed by atoms with van der Waals surface area (Å²) in [5, 5.41) is 0. The Morgan fingerprint density at radius 2 is 1.58 bits per heavy atom. The lowest BCUT2D eigenvalue weighted by Gasteiger charge is -2.35. The second kappa shape index (κ2) is 9.99. The molecule has 2 aromatic carbocycles. The van der Waals surface area contributed by atoms with E-state index in [1.807, 2.05) is 53.1 Å². The number of ether oxygens (including phenoxy) is 1. The summed E-state index contributed by atoms with van der Waals surface area (Å²) in [5.74, 6) is 1.01. The van der Waals surface area contributed by atoms with Gasteiger partial charge in [0, 0.05) is 38.2 Å². The number of hydrogen-bond donors (Lipinski definition) is 0. The van der Waals surface area contributed by atoms with Gasteiger partial charge in [0.2, 0.25) is 5.91 Å². The van der Waals surface area contributed by atoms with E-state index in [9.17, 15) is 9.59 Å². The highest BCUT2D eigenvalue weighted by Gasteiger charge is 2.24. The van der Waals surface area contributed by atoms with Crippen molar-refractivity contribution in [1.82, 2.24) is 9.80 Å². The van der Waals surface area contributed by atoms with E-state index in [1.54, 1.807) is 0 Å². The maximum absolute atomic E-state index is 12.7. The quantitative estimate of drug-likeness (QED) is 0.647. The lowest BCUT2D eigenvalue weighted by Crippen LogP contribution is -2.50. The average Bonchev–Trinajstić information content (AvgIpc) is 2.76. The van der Waals surface area contributed by atoms with E-state index >= 15 is 0 Å². The van der Waals surface area contributed by atoms with Gasteiger partial charge in [0.25, 0.3) is 5.91 Å². The van der Waals surface area contributed by atoms with Crippen LogP contribution in [0.4, 0.5) is 0 Å². The number of piperazine rings is 1. The van der Waals surface area contributed by atoms with Crippen LogP contribution in [0.1, 0.15) is 55.1 Å². The molecule has 1 saturated heterocycles. The van der Waals surface area contributed by atoms with Gasteiger partial charge in [-0.2, -0.15) is 0 Å². The summed E-state index contributed by atoms with van der Waals surface area (Å²) in [6.45, 7) is 11.4. The first-order valence-corrected chi connectivity index (χ1v) is 11.1. The summed E-state index contributed by atoms with van der Waals surface area (Å²) in [6.07, 6.45) is 1.15. The zero-order valence-corrected chi connectivity index (χ0v) is 19.2. The van der Waals surface area contributed by atoms with Crippen LogP contribution in [0.25, 0.3) is 0 Å². The van der Waals surface area contributed by atoms with Crippen LogP contribution in [0.15, 0.2) is 48.5 Å². The smallest absolute Gasteiger partial charge is 0.253 e. The topological polar surface area (TPSA) is 49.9 Å². The zero-order valence-electron chi connectivity index (χ0n) is 19.2. The number of rotatable bonds is 6. The van der Waals surface area contributed by atoms with E-state index in [0.29, 0.717) is 51.2 Å². The molecule has 0 unspecified atom stereocenters. The van der Waals surface area contributed by atoms with Crippen molar-refractivity contribution in [2.45, 2.75) is 46.0 Å². The minimum absolute atomic E-state index is 0.0432. The highest BCUT2D eigenvalue weighted by molar-refractivity contribution is 5.94. The van der Waals surface area contributed by atoms with Crippen LogP contribution >= 0.6 is 0 Å². The molecule has 0 saturated carbocycles. The first kappa shape index (κ1) is 22.9. The summed E-state index contributed by atoms with van der Waals surface area (Å²) in [6, 6.07) is 15.8. The van der Waals surface area contributed by atoms with Crippen LogP contribution in [0.5, 0.6) is 5.75 Å². The van der Waals surface area contributed by atoms with Gasteiger partial charge in [-0.25, -0.2) is 0 Å². The molecule has 0 bridgehead atoms. The summed E-state index contributed by atoms with van der Waals surface area (Å²) >= 11 is 0. The van der Waals surface area contributed by atoms with E-state index in [0.717, 1.165) is 11.3 Å². The number of nitrogens with zero attached hydrogens (tertiary/aromatic N) is 2. The molecule has 3 rings (SSSR count). The maximum atomic E-state index is 12.7. The zero-order chi connectivity index (χ0) is 22.4. The number of benzene rings is 2. The van der Waals surface area contributed by atoms with Crippen LogP contribution in [0.3, 0.4) is 0 Å². The molecule has 0 aliphatic carbocycles. The third-order valence-electron chi connectivity index (χ3n) is 5.71. The lowest BCUT2D eigenvalue weighted by molar-refractivity contribution is -0.132. The second-order valence-electron chi connectivity index (χ2n) is 9.27. The summed E-state index contributed by atoms with van der Waals surface area (Å²) in [7, 11) is 0. The molecule has 0 spiro atoms. The number of amides is 2. The number of carbonyl (C=O) groups is 2. The fourth-order valence-corrected chi connectivity index (χ4v) is 3.74. The largest absolute Gasteiger partial charge is 0.494 e. The minimum Gasteiger partial charge on any atom is -0.494 e. The number of hydrogen-bond acceptors (Lipinski definition) is 3. The fourth-order valence-electron chi connectivity index (χ4n) is 3.74. The summed E-state index contributed by atoms with van der Waals surface area (Å²) in [5.41, 5.74) is 3.19. The van der Waals surface area contributed by atoms with Crippen molar-refractivity contribution in [3.05, 3.63) is 65.2 Å². The van der Waals surface area contributed by atoms with Crippen molar-refractivity contribution >= 4 is 11.8 Å². The second-order valence-corrected chi connectivity index (χ2v) is 9.27. The summed E-state index contributed by atoms with van der Waals surface area (Å²) < 4.78 is 5.79. The van der Waals surface area contributed by atoms with Crippen molar-refractivity contribution in [1.29, 1.82) is 0 Å². The predicted molar refractivity (Wildman–Crippen MR) is 124 cm³/mol. The monoisotopic (exact) mass is 422 g/mol. The highest BCUT2D eigenvalue weighted by atomic mass is 16.5. The van der Waals surface area contributed by atoms with Gasteiger partial charge in [-0.1, -0.05) is 50.6 Å². The SMILES string of the molecule is Cc1cccc(C(=O)N2CCN(C(=O)CCCOc3ccc(C(C)(C)C)cc3)CC2)c1. The molecule has 0 aromatic heterocycles. The Morgan fingerprint density at radius 3 is 2.19 bits per heavy atom. The van der Waals surface area contributed by atoms with Crippen molar-refractivity contribution in [2.24, 2.45) is 0 Å². The molecular formula is C26H34N2O3. The van der Waals surface area contributed by atoms with Crippen molar-refractivity contribution < 1.29 is 14.3 Å². The Bertz CT molecular complexity index is 892. The van der Waals surface area contributed by atoms with E-state index in [1.165, 1.54) is 5.56 Å². The Kier molecular flexibility index (Phi) is 7.37.